The van der Waals surface area contributed by atoms with E-state index >= 15 is 0 Å². The Labute approximate surface area is 203 Å². The first-order valence-electron chi connectivity index (χ1n) is 11.2. The number of aliphatic hydroxyl groups excluding tert-OH is 1. The van der Waals surface area contributed by atoms with E-state index in [1.165, 1.54) is 24.3 Å². The summed E-state index contributed by atoms with van der Waals surface area (Å²) in [4.78, 5) is 27.4. The first kappa shape index (κ1) is 23.5. The molecule has 3 aromatic rings. The van der Waals surface area contributed by atoms with Gasteiger partial charge in [-0.25, -0.2) is 0 Å². The summed E-state index contributed by atoms with van der Waals surface area (Å²) in [7, 11) is 0. The third-order valence-corrected chi connectivity index (χ3v) is 6.31. The first-order chi connectivity index (χ1) is 17.1. The van der Waals surface area contributed by atoms with Crippen molar-refractivity contribution in [3.8, 4) is 11.5 Å². The zero-order chi connectivity index (χ0) is 25.6. The molecule has 1 atom stereocenters. The Hall–Kier alpha value is -4.27. The fourth-order valence-corrected chi connectivity index (χ4v) is 4.55. The molecule has 3 aromatic carbocycles. The molecule has 2 aliphatic rings. The van der Waals surface area contributed by atoms with Crippen molar-refractivity contribution in [1.29, 1.82) is 0 Å². The predicted octanol–water partition coefficient (Wildman–Crippen LogP) is 5.36. The number of amides is 1. The molecular weight excluding hydrogens is 475 g/mol. The number of hydrogen-bond donors (Lipinski definition) is 2. The maximum atomic E-state index is 13.2. The van der Waals surface area contributed by atoms with Crippen molar-refractivity contribution in [2.75, 3.05) is 11.5 Å². The highest BCUT2D eigenvalue weighted by Gasteiger charge is 2.47. The van der Waals surface area contributed by atoms with Crippen molar-refractivity contribution in [3.63, 3.8) is 0 Å². The highest BCUT2D eigenvalue weighted by Crippen LogP contribution is 2.43. The first-order valence-corrected chi connectivity index (χ1v) is 11.2. The van der Waals surface area contributed by atoms with Gasteiger partial charge < -0.3 is 14.9 Å². The summed E-state index contributed by atoms with van der Waals surface area (Å²) in [5, 5.41) is 21.0. The monoisotopic (exact) mass is 495 g/mol. The fourth-order valence-electron chi connectivity index (χ4n) is 4.55. The Morgan fingerprint density at radius 1 is 0.972 bits per heavy atom. The average Bonchev–Trinajstić information content (AvgIpc) is 3.13. The number of halogens is 3. The Kier molecular flexibility index (Phi) is 5.70. The molecular formula is C27H20F3NO5. The summed E-state index contributed by atoms with van der Waals surface area (Å²) in [5.41, 5.74) is 0.496. The second-order valence-corrected chi connectivity index (χ2v) is 8.58. The number of phenolic OH excluding ortho intramolecular Hbond substituents is 1. The summed E-state index contributed by atoms with van der Waals surface area (Å²) in [6.45, 7) is 0.581. The number of nitrogens with zero attached hydrogens (tertiary/aromatic N) is 1. The van der Waals surface area contributed by atoms with Crippen LogP contribution in [0, 0.1) is 0 Å². The molecule has 1 unspecified atom stereocenters. The number of anilines is 1. The lowest BCUT2D eigenvalue weighted by Crippen LogP contribution is -2.29. The Balaban J connectivity index is 1.66. The van der Waals surface area contributed by atoms with E-state index in [1.54, 1.807) is 18.2 Å². The number of Topliss-reactive ketones (excluding diaryl/α,β-unsaturated/α-hetero) is 1. The summed E-state index contributed by atoms with van der Waals surface area (Å²) in [6, 6.07) is 13.4. The van der Waals surface area contributed by atoms with Gasteiger partial charge >= 0.3 is 6.18 Å². The lowest BCUT2D eigenvalue weighted by molar-refractivity contribution is -0.137. The van der Waals surface area contributed by atoms with Crippen LogP contribution in [0.4, 0.5) is 18.9 Å². The van der Waals surface area contributed by atoms with E-state index in [4.69, 9.17) is 4.74 Å². The van der Waals surface area contributed by atoms with E-state index in [2.05, 4.69) is 0 Å². The Bertz CT molecular complexity index is 1380. The maximum Gasteiger partial charge on any atom is 0.416 e. The third-order valence-electron chi connectivity index (χ3n) is 6.31. The molecule has 5 rings (SSSR count). The molecule has 0 bridgehead atoms. The number of ether oxygens (including phenoxy) is 1. The molecule has 9 heteroatoms. The number of ketones is 1. The fraction of sp³-hybridized carbons (Fsp3) is 0.185. The van der Waals surface area contributed by atoms with Crippen LogP contribution < -0.4 is 9.64 Å². The third kappa shape index (κ3) is 4.06. The number of phenols is 1. The van der Waals surface area contributed by atoms with Gasteiger partial charge in [0.2, 0.25) is 0 Å². The number of rotatable bonds is 3. The molecule has 0 aliphatic carbocycles. The highest BCUT2D eigenvalue weighted by atomic mass is 19.4. The van der Waals surface area contributed by atoms with Gasteiger partial charge in [0.25, 0.3) is 11.7 Å². The number of carbonyl (C=O) groups excluding carboxylic acids is 2. The largest absolute Gasteiger partial charge is 0.508 e. The van der Waals surface area contributed by atoms with Crippen molar-refractivity contribution in [2.24, 2.45) is 0 Å². The summed E-state index contributed by atoms with van der Waals surface area (Å²) < 4.78 is 44.8. The van der Waals surface area contributed by atoms with E-state index in [-0.39, 0.29) is 17.0 Å². The van der Waals surface area contributed by atoms with Gasteiger partial charge in [-0.3, -0.25) is 14.5 Å². The minimum Gasteiger partial charge on any atom is -0.508 e. The van der Waals surface area contributed by atoms with Crippen LogP contribution in [0.25, 0.3) is 5.76 Å². The molecule has 2 heterocycles. The molecule has 36 heavy (non-hydrogen) atoms. The van der Waals surface area contributed by atoms with Crippen LogP contribution in [-0.2, 0) is 22.2 Å². The number of alkyl halides is 3. The van der Waals surface area contributed by atoms with Crippen LogP contribution in [0.3, 0.4) is 0 Å². The molecule has 0 aromatic heterocycles. The second-order valence-electron chi connectivity index (χ2n) is 8.58. The number of aliphatic hydroxyl groups is 1. The molecule has 6 nitrogen and oxygen atoms in total. The van der Waals surface area contributed by atoms with Gasteiger partial charge in [0.05, 0.1) is 23.8 Å². The molecule has 2 N–H and O–H groups in total. The minimum atomic E-state index is -4.57. The van der Waals surface area contributed by atoms with E-state index in [0.29, 0.717) is 23.5 Å². The molecule has 0 radical (unpaired) electrons. The van der Waals surface area contributed by atoms with Gasteiger partial charge in [-0.2, -0.15) is 13.2 Å². The van der Waals surface area contributed by atoms with Crippen LogP contribution in [0.2, 0.25) is 0 Å². The maximum absolute atomic E-state index is 13.2. The number of carbonyl (C=O) groups is 2. The van der Waals surface area contributed by atoms with Crippen molar-refractivity contribution in [1.82, 2.24) is 0 Å². The molecule has 1 amide bonds. The average molecular weight is 495 g/mol. The summed E-state index contributed by atoms with van der Waals surface area (Å²) in [5.74, 6) is -1.75. The lowest BCUT2D eigenvalue weighted by Gasteiger charge is -2.26. The Morgan fingerprint density at radius 2 is 1.67 bits per heavy atom. The number of aryl methyl sites for hydroxylation is 1. The van der Waals surface area contributed by atoms with Crippen LogP contribution >= 0.6 is 0 Å². The van der Waals surface area contributed by atoms with E-state index in [1.807, 2.05) is 0 Å². The molecule has 1 fully saturated rings. The van der Waals surface area contributed by atoms with E-state index < -0.39 is 35.2 Å². The van der Waals surface area contributed by atoms with E-state index in [0.717, 1.165) is 47.6 Å². The van der Waals surface area contributed by atoms with Crippen LogP contribution in [-0.4, -0.2) is 28.5 Å². The van der Waals surface area contributed by atoms with Crippen molar-refractivity contribution in [2.45, 2.75) is 25.1 Å². The topological polar surface area (TPSA) is 87.1 Å². The van der Waals surface area contributed by atoms with Gasteiger partial charge in [-0.15, -0.1) is 0 Å². The molecule has 1 saturated heterocycles. The van der Waals surface area contributed by atoms with Crippen LogP contribution in [0.15, 0.2) is 72.3 Å². The SMILES string of the molecule is O=C1C(=O)N(c2ccc(C(F)(F)F)cc2)C(c2ccc(O)cc2)/C1=C(/O)c1ccc2c(c1)CCCO2. The number of hydrogen-bond acceptors (Lipinski definition) is 5. The van der Waals surface area contributed by atoms with Gasteiger partial charge in [0.1, 0.15) is 17.3 Å². The zero-order valence-corrected chi connectivity index (χ0v) is 18.7. The summed E-state index contributed by atoms with van der Waals surface area (Å²) >= 11 is 0. The molecule has 0 spiro atoms. The quantitative estimate of drug-likeness (QED) is 0.290. The number of aromatic hydroxyl groups is 1. The second kappa shape index (κ2) is 8.75. The van der Waals surface area contributed by atoms with Gasteiger partial charge in [0.15, 0.2) is 0 Å². The minimum absolute atomic E-state index is 0.0556. The normalized spacial score (nSPS) is 19.2. The van der Waals surface area contributed by atoms with Crippen molar-refractivity contribution >= 4 is 23.1 Å². The lowest BCUT2D eigenvalue weighted by atomic mass is 9.93. The molecule has 2 aliphatic heterocycles. The molecule has 0 saturated carbocycles. The van der Waals surface area contributed by atoms with Gasteiger partial charge in [0, 0.05) is 11.3 Å². The molecule has 184 valence electrons. The Morgan fingerprint density at radius 3 is 2.33 bits per heavy atom. The number of benzene rings is 3. The van der Waals surface area contributed by atoms with Crippen molar-refractivity contribution < 1.29 is 37.7 Å². The highest BCUT2D eigenvalue weighted by molar-refractivity contribution is 6.51. The van der Waals surface area contributed by atoms with Crippen LogP contribution in [0.1, 0.15) is 34.7 Å². The van der Waals surface area contributed by atoms with E-state index in [9.17, 15) is 33.0 Å². The standard InChI is InChI=1S/C27H20F3NO5/c28-27(29,30)18-6-8-19(9-7-18)31-23(15-3-10-20(32)11-4-15)22(25(34)26(31)35)24(33)17-5-12-21-16(14-17)2-1-13-36-21/h3-12,14,23,32-33H,1-2,13H2/b24-22-. The predicted molar refractivity (Wildman–Crippen MR) is 125 cm³/mol. The zero-order valence-electron chi connectivity index (χ0n) is 18.7. The van der Waals surface area contributed by atoms with Gasteiger partial charge in [-0.05, 0) is 78.6 Å². The van der Waals surface area contributed by atoms with Crippen molar-refractivity contribution in [3.05, 3.63) is 94.6 Å². The van der Waals surface area contributed by atoms with Gasteiger partial charge in [-0.1, -0.05) is 12.1 Å². The summed E-state index contributed by atoms with van der Waals surface area (Å²) in [6.07, 6.45) is -3.06. The number of fused-ring (bicyclic) bond motifs is 1. The van der Waals surface area contributed by atoms with Crippen LogP contribution in [0.5, 0.6) is 11.5 Å². The smallest absolute Gasteiger partial charge is 0.416 e.